The van der Waals surface area contributed by atoms with Crippen LogP contribution in [0.25, 0.3) is 0 Å². The number of hydrogen-bond acceptors (Lipinski definition) is 6. The number of carbonyl (C=O) groups excluding carboxylic acids is 2. The largest absolute Gasteiger partial charge is 0.494 e. The van der Waals surface area contributed by atoms with Gasteiger partial charge in [0.1, 0.15) is 30.5 Å². The standard InChI is InChI=1S/C33H32ClNO5/c1-3-38-29-12-8-7-11-26(29)31-30(33(37)40-18-17-39-25-9-5-4-6-10-25)21(2)35-27-19-23(20-28(36)32(27)31)22-13-15-24(34)16-14-22/h4-16,23,31-32H,3,17-20H2,1-2H3/t23-,31+,32?/m0/s1. The summed E-state index contributed by atoms with van der Waals surface area (Å²) in [6.07, 6.45) is 0.973. The van der Waals surface area contributed by atoms with Gasteiger partial charge in [0, 0.05) is 34.3 Å². The van der Waals surface area contributed by atoms with E-state index in [1.165, 1.54) is 0 Å². The van der Waals surface area contributed by atoms with E-state index in [1.807, 2.05) is 92.7 Å². The number of ketones is 1. The molecule has 1 fully saturated rings. The number of para-hydroxylation sites is 2. The van der Waals surface area contributed by atoms with Gasteiger partial charge < -0.3 is 14.2 Å². The van der Waals surface area contributed by atoms with E-state index in [1.54, 1.807) is 0 Å². The number of aliphatic imine (C=N–C) groups is 1. The number of fused-ring (bicyclic) bond motifs is 1. The van der Waals surface area contributed by atoms with Gasteiger partial charge in [0.05, 0.1) is 18.1 Å². The van der Waals surface area contributed by atoms with Crippen molar-refractivity contribution in [2.24, 2.45) is 10.9 Å². The molecule has 0 amide bonds. The topological polar surface area (TPSA) is 74.2 Å². The molecular weight excluding hydrogens is 526 g/mol. The molecule has 0 radical (unpaired) electrons. The molecular formula is C33H32ClNO5. The SMILES string of the molecule is CCOc1ccccc1[C@@H]1C(C(=O)OCCOc2ccccc2)=C(C)N=C2C[C@H](c3ccc(Cl)cc3)CC(=O)C21. The molecule has 0 bridgehead atoms. The van der Waals surface area contributed by atoms with Crippen molar-refractivity contribution in [1.29, 1.82) is 0 Å². The van der Waals surface area contributed by atoms with Crippen LogP contribution in [0, 0.1) is 5.92 Å². The van der Waals surface area contributed by atoms with Crippen molar-refractivity contribution in [1.82, 2.24) is 0 Å². The van der Waals surface area contributed by atoms with Gasteiger partial charge in [0.25, 0.3) is 0 Å². The predicted molar refractivity (Wildman–Crippen MR) is 155 cm³/mol. The van der Waals surface area contributed by atoms with Gasteiger partial charge in [-0.3, -0.25) is 9.79 Å². The molecule has 0 saturated heterocycles. The number of nitrogens with zero attached hydrogens (tertiary/aromatic N) is 1. The van der Waals surface area contributed by atoms with Gasteiger partial charge in [0.15, 0.2) is 0 Å². The predicted octanol–water partition coefficient (Wildman–Crippen LogP) is 6.94. The van der Waals surface area contributed by atoms with Crippen molar-refractivity contribution >= 4 is 29.1 Å². The smallest absolute Gasteiger partial charge is 0.336 e. The van der Waals surface area contributed by atoms with E-state index in [-0.39, 0.29) is 24.9 Å². The molecule has 0 spiro atoms. The minimum absolute atomic E-state index is 0.000936. The van der Waals surface area contributed by atoms with Crippen molar-refractivity contribution in [3.05, 3.63) is 106 Å². The zero-order valence-electron chi connectivity index (χ0n) is 22.6. The first-order chi connectivity index (χ1) is 19.5. The Morgan fingerprint density at radius 3 is 2.38 bits per heavy atom. The van der Waals surface area contributed by atoms with E-state index in [9.17, 15) is 9.59 Å². The van der Waals surface area contributed by atoms with Crippen LogP contribution in [0.4, 0.5) is 0 Å². The van der Waals surface area contributed by atoms with Gasteiger partial charge in [-0.05, 0) is 62.1 Å². The van der Waals surface area contributed by atoms with Crippen LogP contribution in [-0.2, 0) is 14.3 Å². The molecule has 40 heavy (non-hydrogen) atoms. The quantitative estimate of drug-likeness (QED) is 0.210. The number of ether oxygens (including phenoxy) is 3. The van der Waals surface area contributed by atoms with Gasteiger partial charge in [-0.1, -0.05) is 60.1 Å². The second-order valence-electron chi connectivity index (χ2n) is 9.95. The molecule has 5 rings (SSSR count). The van der Waals surface area contributed by atoms with Crippen molar-refractivity contribution in [3.63, 3.8) is 0 Å². The van der Waals surface area contributed by atoms with E-state index >= 15 is 0 Å². The molecule has 3 aromatic carbocycles. The first-order valence-electron chi connectivity index (χ1n) is 13.6. The maximum atomic E-state index is 13.9. The number of esters is 1. The lowest BCUT2D eigenvalue weighted by Gasteiger charge is -2.38. The van der Waals surface area contributed by atoms with Crippen LogP contribution in [0.3, 0.4) is 0 Å². The maximum absolute atomic E-state index is 13.9. The Hall–Kier alpha value is -3.90. The maximum Gasteiger partial charge on any atom is 0.336 e. The highest BCUT2D eigenvalue weighted by molar-refractivity contribution is 6.30. The fourth-order valence-electron chi connectivity index (χ4n) is 5.66. The average molecular weight is 558 g/mol. The second-order valence-corrected chi connectivity index (χ2v) is 10.4. The van der Waals surface area contributed by atoms with Crippen molar-refractivity contribution in [3.8, 4) is 11.5 Å². The highest BCUT2D eigenvalue weighted by Gasteiger charge is 2.47. The molecule has 1 aliphatic carbocycles. The molecule has 7 heteroatoms. The Morgan fingerprint density at radius 2 is 1.62 bits per heavy atom. The zero-order valence-corrected chi connectivity index (χ0v) is 23.4. The zero-order chi connectivity index (χ0) is 28.1. The Morgan fingerprint density at radius 1 is 0.900 bits per heavy atom. The Balaban J connectivity index is 1.46. The number of rotatable bonds is 9. The average Bonchev–Trinajstić information content (AvgIpc) is 2.96. The summed E-state index contributed by atoms with van der Waals surface area (Å²) >= 11 is 6.10. The molecule has 1 heterocycles. The molecule has 3 aromatic rings. The molecule has 1 unspecified atom stereocenters. The van der Waals surface area contributed by atoms with Gasteiger partial charge >= 0.3 is 5.97 Å². The number of allylic oxidation sites excluding steroid dienone is 1. The first-order valence-corrected chi connectivity index (χ1v) is 14.0. The van der Waals surface area contributed by atoms with Gasteiger partial charge in [-0.25, -0.2) is 4.79 Å². The highest BCUT2D eigenvalue weighted by atomic mass is 35.5. The van der Waals surface area contributed by atoms with Crippen LogP contribution in [0.5, 0.6) is 11.5 Å². The van der Waals surface area contributed by atoms with Crippen LogP contribution in [0.2, 0.25) is 5.02 Å². The molecule has 3 atom stereocenters. The van der Waals surface area contributed by atoms with Crippen molar-refractivity contribution in [2.75, 3.05) is 19.8 Å². The van der Waals surface area contributed by atoms with Crippen molar-refractivity contribution < 1.29 is 23.8 Å². The fourth-order valence-corrected chi connectivity index (χ4v) is 5.79. The summed E-state index contributed by atoms with van der Waals surface area (Å²) in [7, 11) is 0. The lowest BCUT2D eigenvalue weighted by Crippen LogP contribution is -2.41. The minimum atomic E-state index is -0.572. The minimum Gasteiger partial charge on any atom is -0.494 e. The van der Waals surface area contributed by atoms with Gasteiger partial charge in [-0.2, -0.15) is 0 Å². The number of Topliss-reactive ketones (excluding diaryl/α,β-unsaturated/α-hetero) is 1. The van der Waals surface area contributed by atoms with Crippen LogP contribution in [-0.4, -0.2) is 37.3 Å². The first kappa shape index (κ1) is 27.7. The third kappa shape index (κ3) is 5.97. The van der Waals surface area contributed by atoms with E-state index < -0.39 is 17.8 Å². The normalized spacial score (nSPS) is 20.4. The molecule has 1 aliphatic heterocycles. The number of halogens is 1. The van der Waals surface area contributed by atoms with Gasteiger partial charge in [-0.15, -0.1) is 0 Å². The summed E-state index contributed by atoms with van der Waals surface area (Å²) in [4.78, 5) is 32.3. The fraction of sp³-hybridized carbons (Fsp3) is 0.303. The Bertz CT molecular complexity index is 1430. The van der Waals surface area contributed by atoms with Crippen LogP contribution in [0.1, 0.15) is 49.7 Å². The van der Waals surface area contributed by atoms with E-state index in [0.717, 1.165) is 16.8 Å². The summed E-state index contributed by atoms with van der Waals surface area (Å²) in [6, 6.07) is 24.6. The Labute approximate surface area is 239 Å². The summed E-state index contributed by atoms with van der Waals surface area (Å²) in [5.41, 5.74) is 3.57. The third-order valence-corrected chi connectivity index (χ3v) is 7.65. The monoisotopic (exact) mass is 557 g/mol. The van der Waals surface area contributed by atoms with E-state index in [0.29, 0.717) is 47.2 Å². The summed E-state index contributed by atoms with van der Waals surface area (Å²) in [5.74, 6) is -0.235. The number of carbonyl (C=O) groups is 2. The van der Waals surface area contributed by atoms with Crippen molar-refractivity contribution in [2.45, 2.75) is 38.5 Å². The Kier molecular flexibility index (Phi) is 8.66. The molecule has 6 nitrogen and oxygen atoms in total. The number of benzene rings is 3. The van der Waals surface area contributed by atoms with Gasteiger partial charge in [0.2, 0.25) is 0 Å². The highest BCUT2D eigenvalue weighted by Crippen LogP contribution is 2.48. The van der Waals surface area contributed by atoms with E-state index in [4.69, 9.17) is 30.8 Å². The van der Waals surface area contributed by atoms with Crippen LogP contribution >= 0.6 is 11.6 Å². The number of hydrogen-bond donors (Lipinski definition) is 0. The van der Waals surface area contributed by atoms with Crippen LogP contribution in [0.15, 0.2) is 95.1 Å². The summed E-state index contributed by atoms with van der Waals surface area (Å²) in [5, 5.41) is 0.655. The molecule has 206 valence electrons. The lowest BCUT2D eigenvalue weighted by atomic mass is 9.66. The summed E-state index contributed by atoms with van der Waals surface area (Å²) in [6.45, 7) is 4.46. The molecule has 0 N–H and O–H groups in total. The van der Waals surface area contributed by atoms with Crippen LogP contribution < -0.4 is 9.47 Å². The second kappa shape index (κ2) is 12.5. The third-order valence-electron chi connectivity index (χ3n) is 7.40. The van der Waals surface area contributed by atoms with E-state index in [2.05, 4.69) is 0 Å². The molecule has 2 aliphatic rings. The molecule has 1 saturated carbocycles. The summed E-state index contributed by atoms with van der Waals surface area (Å²) < 4.78 is 17.3. The molecule has 0 aromatic heterocycles. The lowest BCUT2D eigenvalue weighted by molar-refractivity contribution is -0.140.